The number of nitrogens with one attached hydrogen (secondary N) is 3. The standard InChI is InChI=1S/C23H20FN3O4S/c1-32(30,31)27-19-11-8-16(9-12-19)10-13-22(28)25-20-6-2-4-17(14-20)23(29)26-21-7-3-5-18(24)15-21/h2-15,27H,1H3,(H,25,28)(H,26,29). The second-order valence-electron chi connectivity index (χ2n) is 6.86. The number of carbonyl (C=O) groups is 2. The van der Waals surface area contributed by atoms with Crippen LogP contribution in [0.2, 0.25) is 0 Å². The smallest absolute Gasteiger partial charge is 0.255 e. The number of hydrogen-bond donors (Lipinski definition) is 3. The van der Waals surface area contributed by atoms with Crippen LogP contribution in [0.4, 0.5) is 21.5 Å². The van der Waals surface area contributed by atoms with Crippen LogP contribution in [0.5, 0.6) is 0 Å². The van der Waals surface area contributed by atoms with Crippen LogP contribution in [0.1, 0.15) is 15.9 Å². The molecule has 0 unspecified atom stereocenters. The zero-order valence-corrected chi connectivity index (χ0v) is 17.8. The van der Waals surface area contributed by atoms with Crippen LogP contribution in [0.15, 0.2) is 78.9 Å². The number of anilines is 3. The fraction of sp³-hybridized carbons (Fsp3) is 0.0435. The molecule has 0 fully saturated rings. The van der Waals surface area contributed by atoms with Crippen molar-refractivity contribution >= 4 is 45.0 Å². The van der Waals surface area contributed by atoms with Crippen LogP contribution in [0.3, 0.4) is 0 Å². The molecule has 0 spiro atoms. The molecule has 0 saturated heterocycles. The summed E-state index contributed by atoms with van der Waals surface area (Å²) in [6.45, 7) is 0. The number of amides is 2. The third-order valence-corrected chi connectivity index (χ3v) is 4.72. The van der Waals surface area contributed by atoms with E-state index in [0.29, 0.717) is 28.2 Å². The van der Waals surface area contributed by atoms with E-state index in [9.17, 15) is 22.4 Å². The van der Waals surface area contributed by atoms with Crippen molar-refractivity contribution in [2.75, 3.05) is 21.6 Å². The van der Waals surface area contributed by atoms with Crippen molar-refractivity contribution in [2.24, 2.45) is 0 Å². The van der Waals surface area contributed by atoms with Gasteiger partial charge in [-0.2, -0.15) is 0 Å². The molecule has 0 radical (unpaired) electrons. The van der Waals surface area contributed by atoms with Crippen LogP contribution in [0, 0.1) is 5.82 Å². The normalized spacial score (nSPS) is 11.2. The van der Waals surface area contributed by atoms with Crippen molar-refractivity contribution in [3.05, 3.63) is 95.8 Å². The van der Waals surface area contributed by atoms with Gasteiger partial charge in [-0.25, -0.2) is 12.8 Å². The van der Waals surface area contributed by atoms with Crippen molar-refractivity contribution in [3.8, 4) is 0 Å². The predicted molar refractivity (Wildman–Crippen MR) is 123 cm³/mol. The van der Waals surface area contributed by atoms with Gasteiger partial charge in [0.2, 0.25) is 15.9 Å². The summed E-state index contributed by atoms with van der Waals surface area (Å²) in [4.78, 5) is 24.6. The van der Waals surface area contributed by atoms with Crippen LogP contribution >= 0.6 is 0 Å². The highest BCUT2D eigenvalue weighted by atomic mass is 32.2. The van der Waals surface area contributed by atoms with Gasteiger partial charge in [0, 0.05) is 28.7 Å². The van der Waals surface area contributed by atoms with Crippen LogP contribution in [-0.2, 0) is 14.8 Å². The molecule has 0 saturated carbocycles. The third kappa shape index (κ3) is 7.06. The monoisotopic (exact) mass is 453 g/mol. The minimum absolute atomic E-state index is 0.296. The van der Waals surface area contributed by atoms with Crippen molar-refractivity contribution in [1.82, 2.24) is 0 Å². The fourth-order valence-corrected chi connectivity index (χ4v) is 3.30. The first-order chi connectivity index (χ1) is 15.2. The minimum atomic E-state index is -3.36. The second kappa shape index (κ2) is 9.88. The lowest BCUT2D eigenvalue weighted by Crippen LogP contribution is -2.13. The zero-order valence-electron chi connectivity index (χ0n) is 17.0. The van der Waals surface area contributed by atoms with Gasteiger partial charge < -0.3 is 10.6 Å². The van der Waals surface area contributed by atoms with Gasteiger partial charge in [0.15, 0.2) is 0 Å². The van der Waals surface area contributed by atoms with E-state index in [0.717, 1.165) is 6.26 Å². The lowest BCUT2D eigenvalue weighted by molar-refractivity contribution is -0.111. The number of halogens is 1. The molecule has 3 aromatic carbocycles. The Labute approximate surface area is 185 Å². The molecule has 0 aromatic heterocycles. The van der Waals surface area contributed by atoms with Crippen molar-refractivity contribution in [3.63, 3.8) is 0 Å². The summed E-state index contributed by atoms with van der Waals surface area (Å²) >= 11 is 0. The molecule has 7 nitrogen and oxygen atoms in total. The van der Waals surface area contributed by atoms with Crippen LogP contribution in [-0.4, -0.2) is 26.5 Å². The molecule has 0 aliphatic rings. The fourth-order valence-electron chi connectivity index (χ4n) is 2.74. The molecule has 0 heterocycles. The molecule has 2 amide bonds. The Morgan fingerprint density at radius 1 is 0.844 bits per heavy atom. The largest absolute Gasteiger partial charge is 0.322 e. The summed E-state index contributed by atoms with van der Waals surface area (Å²) in [5, 5.41) is 5.26. The van der Waals surface area contributed by atoms with Gasteiger partial charge in [-0.1, -0.05) is 24.3 Å². The number of rotatable bonds is 7. The zero-order chi connectivity index (χ0) is 23.1. The van der Waals surface area contributed by atoms with E-state index in [1.807, 2.05) is 0 Å². The van der Waals surface area contributed by atoms with E-state index >= 15 is 0 Å². The first-order valence-electron chi connectivity index (χ1n) is 9.42. The molecule has 9 heteroatoms. The maximum absolute atomic E-state index is 13.3. The van der Waals surface area contributed by atoms with Gasteiger partial charge in [0.05, 0.1) is 6.26 Å². The Hall–Kier alpha value is -3.98. The highest BCUT2D eigenvalue weighted by Crippen LogP contribution is 2.15. The molecule has 3 N–H and O–H groups in total. The molecule has 3 aromatic rings. The second-order valence-corrected chi connectivity index (χ2v) is 8.61. The van der Waals surface area contributed by atoms with E-state index in [-0.39, 0.29) is 0 Å². The summed E-state index contributed by atoms with van der Waals surface area (Å²) in [5.74, 6) is -1.31. The van der Waals surface area contributed by atoms with Crippen LogP contribution in [0.25, 0.3) is 6.08 Å². The minimum Gasteiger partial charge on any atom is -0.322 e. The van der Waals surface area contributed by atoms with E-state index in [2.05, 4.69) is 15.4 Å². The van der Waals surface area contributed by atoms with Crippen molar-refractivity contribution in [2.45, 2.75) is 0 Å². The van der Waals surface area contributed by atoms with E-state index in [4.69, 9.17) is 0 Å². The van der Waals surface area contributed by atoms with E-state index in [1.54, 1.807) is 54.6 Å². The van der Waals surface area contributed by atoms with Gasteiger partial charge in [-0.05, 0) is 60.2 Å². The SMILES string of the molecule is CS(=O)(=O)Nc1ccc(C=CC(=O)Nc2cccc(C(=O)Nc3cccc(F)c3)c2)cc1. The predicted octanol–water partition coefficient (Wildman–Crippen LogP) is 4.10. The molecular weight excluding hydrogens is 433 g/mol. The quantitative estimate of drug-likeness (QED) is 0.469. The number of hydrogen-bond acceptors (Lipinski definition) is 4. The average molecular weight is 453 g/mol. The van der Waals surface area contributed by atoms with Gasteiger partial charge in [-0.3, -0.25) is 14.3 Å². The van der Waals surface area contributed by atoms with E-state index < -0.39 is 27.7 Å². The molecule has 32 heavy (non-hydrogen) atoms. The molecule has 0 aliphatic heterocycles. The average Bonchev–Trinajstić information content (AvgIpc) is 2.72. The Balaban J connectivity index is 1.61. The first kappa shape index (κ1) is 22.7. The van der Waals surface area contributed by atoms with Gasteiger partial charge in [0.1, 0.15) is 5.82 Å². The molecule has 3 rings (SSSR count). The molecule has 0 atom stereocenters. The van der Waals surface area contributed by atoms with Crippen molar-refractivity contribution in [1.29, 1.82) is 0 Å². The highest BCUT2D eigenvalue weighted by Gasteiger charge is 2.08. The lowest BCUT2D eigenvalue weighted by Gasteiger charge is -2.08. The van der Waals surface area contributed by atoms with Gasteiger partial charge in [-0.15, -0.1) is 0 Å². The van der Waals surface area contributed by atoms with Gasteiger partial charge in [0.25, 0.3) is 5.91 Å². The third-order valence-electron chi connectivity index (χ3n) is 4.12. The van der Waals surface area contributed by atoms with Crippen molar-refractivity contribution < 1.29 is 22.4 Å². The summed E-state index contributed by atoms with van der Waals surface area (Å²) in [7, 11) is -3.36. The summed E-state index contributed by atoms with van der Waals surface area (Å²) < 4.78 is 38.1. The Bertz CT molecular complexity index is 1270. The lowest BCUT2D eigenvalue weighted by atomic mass is 10.1. The summed E-state index contributed by atoms with van der Waals surface area (Å²) in [5.41, 5.74) is 2.15. The number of sulfonamides is 1. The molecule has 0 aliphatic carbocycles. The number of benzene rings is 3. The van der Waals surface area contributed by atoms with E-state index in [1.165, 1.54) is 30.3 Å². The summed E-state index contributed by atoms with van der Waals surface area (Å²) in [6, 6.07) is 18.4. The Morgan fingerprint density at radius 2 is 1.50 bits per heavy atom. The topological polar surface area (TPSA) is 104 Å². The molecule has 0 bridgehead atoms. The number of carbonyl (C=O) groups excluding carboxylic acids is 2. The maximum Gasteiger partial charge on any atom is 0.255 e. The maximum atomic E-state index is 13.3. The van der Waals surface area contributed by atoms with Crippen LogP contribution < -0.4 is 15.4 Å². The molecule has 164 valence electrons. The first-order valence-corrected chi connectivity index (χ1v) is 11.3. The Morgan fingerprint density at radius 3 is 2.16 bits per heavy atom. The summed E-state index contributed by atoms with van der Waals surface area (Å²) in [6.07, 6.45) is 3.95. The van der Waals surface area contributed by atoms with Gasteiger partial charge >= 0.3 is 0 Å². The molecular formula is C23H20FN3O4S. The Kier molecular flexibility index (Phi) is 7.01. The highest BCUT2D eigenvalue weighted by molar-refractivity contribution is 7.92.